The monoisotopic (exact) mass is 259 g/mol. The van der Waals surface area contributed by atoms with E-state index in [1.54, 1.807) is 0 Å². The molecule has 18 heavy (non-hydrogen) atoms. The normalized spacial score (nSPS) is 20.3. The van der Waals surface area contributed by atoms with Crippen LogP contribution >= 0.6 is 0 Å². The van der Waals surface area contributed by atoms with Crippen molar-refractivity contribution in [2.24, 2.45) is 11.1 Å². The zero-order valence-electron chi connectivity index (χ0n) is 9.87. The van der Waals surface area contributed by atoms with Gasteiger partial charge in [-0.2, -0.15) is 13.2 Å². The van der Waals surface area contributed by atoms with Gasteiger partial charge < -0.3 is 10.8 Å². The Bertz CT molecular complexity index is 421. The molecule has 100 valence electrons. The molecule has 3 N–H and O–H groups in total. The van der Waals surface area contributed by atoms with Gasteiger partial charge in [0.1, 0.15) is 0 Å². The largest absolute Gasteiger partial charge is 0.416 e. The summed E-state index contributed by atoms with van der Waals surface area (Å²) in [5, 5.41) is 10.2. The third-order valence-corrected chi connectivity index (χ3v) is 3.87. The van der Waals surface area contributed by atoms with Crippen LogP contribution in [0.25, 0.3) is 0 Å². The zero-order chi connectivity index (χ0) is 13.4. The van der Waals surface area contributed by atoms with Crippen LogP contribution in [0.3, 0.4) is 0 Å². The van der Waals surface area contributed by atoms with Crippen LogP contribution in [0.15, 0.2) is 24.3 Å². The molecule has 1 aliphatic rings. The summed E-state index contributed by atoms with van der Waals surface area (Å²) in [4.78, 5) is 0. The molecule has 1 unspecified atom stereocenters. The predicted octanol–water partition coefficient (Wildman–Crippen LogP) is 2.87. The van der Waals surface area contributed by atoms with Crippen molar-refractivity contribution >= 4 is 0 Å². The molecule has 1 aliphatic carbocycles. The third-order valence-electron chi connectivity index (χ3n) is 3.87. The van der Waals surface area contributed by atoms with Gasteiger partial charge in [0, 0.05) is 12.0 Å². The maximum atomic E-state index is 12.6. The van der Waals surface area contributed by atoms with Crippen molar-refractivity contribution in [2.75, 3.05) is 6.54 Å². The van der Waals surface area contributed by atoms with E-state index < -0.39 is 23.3 Å². The van der Waals surface area contributed by atoms with E-state index in [0.29, 0.717) is 12.1 Å². The summed E-state index contributed by atoms with van der Waals surface area (Å²) in [6.07, 6.45) is -2.81. The molecule has 0 amide bonds. The molecule has 2 rings (SSSR count). The summed E-state index contributed by atoms with van der Waals surface area (Å²) in [6.45, 7) is 0.296. The van der Waals surface area contributed by atoms with Gasteiger partial charge in [-0.3, -0.25) is 0 Å². The van der Waals surface area contributed by atoms with Gasteiger partial charge in [0.05, 0.1) is 11.7 Å². The molecule has 0 saturated heterocycles. The molecule has 1 atom stereocenters. The van der Waals surface area contributed by atoms with Crippen LogP contribution in [0.5, 0.6) is 0 Å². The maximum Gasteiger partial charge on any atom is 0.416 e. The topological polar surface area (TPSA) is 46.2 Å². The van der Waals surface area contributed by atoms with Gasteiger partial charge in [0.25, 0.3) is 0 Å². The van der Waals surface area contributed by atoms with Gasteiger partial charge in [0.2, 0.25) is 0 Å². The Morgan fingerprint density at radius 2 is 2.00 bits per heavy atom. The number of hydrogen-bond acceptors (Lipinski definition) is 2. The Morgan fingerprint density at radius 1 is 1.33 bits per heavy atom. The Balaban J connectivity index is 2.28. The molecule has 5 heteroatoms. The van der Waals surface area contributed by atoms with Gasteiger partial charge in [-0.25, -0.2) is 0 Å². The minimum Gasteiger partial charge on any atom is -0.388 e. The Kier molecular flexibility index (Phi) is 3.38. The molecular formula is C13H16F3NO. The molecular weight excluding hydrogens is 243 g/mol. The van der Waals surface area contributed by atoms with Gasteiger partial charge in [0.15, 0.2) is 0 Å². The van der Waals surface area contributed by atoms with E-state index in [9.17, 15) is 18.3 Å². The number of aliphatic hydroxyl groups is 1. The van der Waals surface area contributed by atoms with Gasteiger partial charge in [-0.15, -0.1) is 0 Å². The molecule has 1 saturated carbocycles. The summed E-state index contributed by atoms with van der Waals surface area (Å²) in [5.41, 5.74) is 4.78. The van der Waals surface area contributed by atoms with E-state index in [0.717, 1.165) is 31.4 Å². The highest BCUT2D eigenvalue weighted by Gasteiger charge is 2.43. The van der Waals surface area contributed by atoms with Crippen LogP contribution in [0.2, 0.25) is 0 Å². The summed E-state index contributed by atoms with van der Waals surface area (Å²) in [6, 6.07) is 4.87. The fraction of sp³-hybridized carbons (Fsp3) is 0.538. The second-order valence-electron chi connectivity index (χ2n) is 4.95. The van der Waals surface area contributed by atoms with Crippen LogP contribution in [-0.4, -0.2) is 11.7 Å². The van der Waals surface area contributed by atoms with E-state index in [1.807, 2.05) is 0 Å². The minimum atomic E-state index is -4.38. The van der Waals surface area contributed by atoms with E-state index in [2.05, 4.69) is 0 Å². The lowest BCUT2D eigenvalue weighted by atomic mass is 9.63. The number of nitrogens with two attached hydrogens (primary N) is 1. The molecule has 0 radical (unpaired) electrons. The lowest BCUT2D eigenvalue weighted by molar-refractivity contribution is -0.137. The molecule has 0 aromatic heterocycles. The van der Waals surface area contributed by atoms with Crippen molar-refractivity contribution in [2.45, 2.75) is 31.5 Å². The first-order valence-corrected chi connectivity index (χ1v) is 5.94. The molecule has 1 aromatic rings. The minimum absolute atomic E-state index is 0.296. The summed E-state index contributed by atoms with van der Waals surface area (Å²) >= 11 is 0. The number of benzene rings is 1. The first-order chi connectivity index (χ1) is 8.39. The standard InChI is InChI=1S/C13H16F3NO/c14-13(15,16)10-4-1-3-9(7-10)11(18)12(8-17)5-2-6-12/h1,3-4,7,11,18H,2,5-6,8,17H2. The van der Waals surface area contributed by atoms with E-state index in [-0.39, 0.29) is 0 Å². The number of halogens is 3. The SMILES string of the molecule is NCC1(C(O)c2cccc(C(F)(F)F)c2)CCC1. The second kappa shape index (κ2) is 4.55. The van der Waals surface area contributed by atoms with Crippen molar-refractivity contribution < 1.29 is 18.3 Å². The fourth-order valence-corrected chi connectivity index (χ4v) is 2.46. The van der Waals surface area contributed by atoms with Crippen LogP contribution in [0, 0.1) is 5.41 Å². The smallest absolute Gasteiger partial charge is 0.388 e. The summed E-state index contributed by atoms with van der Waals surface area (Å²) < 4.78 is 37.8. The molecule has 0 spiro atoms. The van der Waals surface area contributed by atoms with E-state index in [4.69, 9.17) is 5.73 Å². The number of hydrogen-bond donors (Lipinski definition) is 2. The van der Waals surface area contributed by atoms with Crippen LogP contribution in [0.1, 0.15) is 36.5 Å². The third kappa shape index (κ3) is 2.24. The van der Waals surface area contributed by atoms with Crippen molar-refractivity contribution in [3.05, 3.63) is 35.4 Å². The summed E-state index contributed by atoms with van der Waals surface area (Å²) in [7, 11) is 0. The van der Waals surface area contributed by atoms with Gasteiger partial charge >= 0.3 is 6.18 Å². The molecule has 1 fully saturated rings. The quantitative estimate of drug-likeness (QED) is 0.876. The number of aliphatic hydroxyl groups excluding tert-OH is 1. The van der Waals surface area contributed by atoms with E-state index in [1.165, 1.54) is 12.1 Å². The second-order valence-corrected chi connectivity index (χ2v) is 4.95. The molecule has 1 aromatic carbocycles. The van der Waals surface area contributed by atoms with Crippen LogP contribution < -0.4 is 5.73 Å². The summed E-state index contributed by atoms with van der Waals surface area (Å²) in [5.74, 6) is 0. The first-order valence-electron chi connectivity index (χ1n) is 5.94. The predicted molar refractivity (Wildman–Crippen MR) is 61.7 cm³/mol. The van der Waals surface area contributed by atoms with E-state index >= 15 is 0 Å². The Hall–Kier alpha value is -1.07. The average Bonchev–Trinajstić information content (AvgIpc) is 2.27. The van der Waals surface area contributed by atoms with Crippen molar-refractivity contribution in [3.8, 4) is 0 Å². The fourth-order valence-electron chi connectivity index (χ4n) is 2.46. The Labute approximate surface area is 104 Å². The van der Waals surface area contributed by atoms with Crippen LogP contribution in [-0.2, 0) is 6.18 Å². The lowest BCUT2D eigenvalue weighted by Crippen LogP contribution is -2.42. The van der Waals surface area contributed by atoms with Crippen molar-refractivity contribution in [3.63, 3.8) is 0 Å². The molecule has 0 aliphatic heterocycles. The highest BCUT2D eigenvalue weighted by atomic mass is 19.4. The van der Waals surface area contributed by atoms with Crippen molar-refractivity contribution in [1.82, 2.24) is 0 Å². The maximum absolute atomic E-state index is 12.6. The van der Waals surface area contributed by atoms with Crippen LogP contribution in [0.4, 0.5) is 13.2 Å². The van der Waals surface area contributed by atoms with Gasteiger partial charge in [-0.05, 0) is 30.5 Å². The Morgan fingerprint density at radius 3 is 2.44 bits per heavy atom. The number of rotatable bonds is 3. The highest BCUT2D eigenvalue weighted by Crippen LogP contribution is 2.49. The average molecular weight is 259 g/mol. The van der Waals surface area contributed by atoms with Crippen molar-refractivity contribution in [1.29, 1.82) is 0 Å². The first kappa shape index (κ1) is 13.4. The lowest BCUT2D eigenvalue weighted by Gasteiger charge is -2.45. The zero-order valence-corrected chi connectivity index (χ0v) is 9.87. The molecule has 0 bridgehead atoms. The highest BCUT2D eigenvalue weighted by molar-refractivity contribution is 5.29. The number of alkyl halides is 3. The van der Waals surface area contributed by atoms with Gasteiger partial charge in [-0.1, -0.05) is 18.6 Å². The molecule has 0 heterocycles. The molecule has 2 nitrogen and oxygen atoms in total.